The van der Waals surface area contributed by atoms with Crippen LogP contribution in [0, 0.1) is 0 Å². The van der Waals surface area contributed by atoms with Gasteiger partial charge >= 0.3 is 0 Å². The van der Waals surface area contributed by atoms with Crippen LogP contribution in [0.5, 0.6) is 5.75 Å². The van der Waals surface area contributed by atoms with Crippen LogP contribution in [0.25, 0.3) is 6.08 Å². The molecule has 2 aromatic rings. The van der Waals surface area contributed by atoms with E-state index in [0.717, 1.165) is 24.2 Å². The molecule has 27 heavy (non-hydrogen) atoms. The van der Waals surface area contributed by atoms with Crippen molar-refractivity contribution < 1.29 is 14.3 Å². The summed E-state index contributed by atoms with van der Waals surface area (Å²) in [4.78, 5) is 24.3. The number of hydrogen-bond acceptors (Lipinski definition) is 3. The Hall–Kier alpha value is -3.08. The Morgan fingerprint density at radius 3 is 2.30 bits per heavy atom. The molecular weight excluding hydrogens is 340 g/mol. The minimum Gasteiger partial charge on any atom is -0.497 e. The van der Waals surface area contributed by atoms with E-state index in [9.17, 15) is 9.59 Å². The second-order valence-electron chi connectivity index (χ2n) is 6.63. The van der Waals surface area contributed by atoms with Crippen LogP contribution in [0.3, 0.4) is 0 Å². The molecule has 2 aromatic carbocycles. The Kier molecular flexibility index (Phi) is 6.26. The zero-order chi connectivity index (χ0) is 19.1. The average molecular weight is 364 g/mol. The molecule has 2 amide bonds. The van der Waals surface area contributed by atoms with Crippen molar-refractivity contribution >= 4 is 23.6 Å². The lowest BCUT2D eigenvalue weighted by Crippen LogP contribution is -2.32. The summed E-state index contributed by atoms with van der Waals surface area (Å²) in [5.41, 5.74) is 2.16. The standard InChI is InChI=1S/C22H24N2O3/c1-27-20-13-6-16(7-14-20)8-15-21(25)23-19-11-9-17(10-12-19)22(26)24-18-4-2-3-5-18/h6-15,18H,2-5H2,1H3,(H,23,25)(H,24,26)/b15-8+. The molecule has 1 aliphatic rings. The monoisotopic (exact) mass is 364 g/mol. The van der Waals surface area contributed by atoms with E-state index in [0.29, 0.717) is 17.3 Å². The van der Waals surface area contributed by atoms with Crippen LogP contribution >= 0.6 is 0 Å². The van der Waals surface area contributed by atoms with Gasteiger partial charge in [-0.15, -0.1) is 0 Å². The fourth-order valence-corrected chi connectivity index (χ4v) is 3.11. The molecule has 0 unspecified atom stereocenters. The van der Waals surface area contributed by atoms with Crippen molar-refractivity contribution in [2.45, 2.75) is 31.7 Å². The highest BCUT2D eigenvalue weighted by Gasteiger charge is 2.17. The number of rotatable bonds is 6. The fourth-order valence-electron chi connectivity index (χ4n) is 3.11. The normalized spacial score (nSPS) is 14.3. The van der Waals surface area contributed by atoms with E-state index in [1.54, 1.807) is 37.5 Å². The molecule has 0 aromatic heterocycles. The SMILES string of the molecule is COc1ccc(/C=C/C(=O)Nc2ccc(C(=O)NC3CCCC3)cc2)cc1. The van der Waals surface area contributed by atoms with Gasteiger partial charge in [0, 0.05) is 23.4 Å². The van der Waals surface area contributed by atoms with Crippen LogP contribution < -0.4 is 15.4 Å². The van der Waals surface area contributed by atoms with E-state index >= 15 is 0 Å². The van der Waals surface area contributed by atoms with E-state index in [-0.39, 0.29) is 11.8 Å². The number of carbonyl (C=O) groups is 2. The fraction of sp³-hybridized carbons (Fsp3) is 0.273. The second kappa shape index (κ2) is 9.03. The molecule has 5 heteroatoms. The maximum absolute atomic E-state index is 12.2. The van der Waals surface area contributed by atoms with Crippen LogP contribution in [0.2, 0.25) is 0 Å². The zero-order valence-corrected chi connectivity index (χ0v) is 15.4. The number of ether oxygens (including phenoxy) is 1. The number of nitrogens with one attached hydrogen (secondary N) is 2. The van der Waals surface area contributed by atoms with E-state index in [1.165, 1.54) is 18.9 Å². The third-order valence-corrected chi connectivity index (χ3v) is 4.65. The lowest BCUT2D eigenvalue weighted by molar-refractivity contribution is -0.111. The molecule has 0 heterocycles. The van der Waals surface area contributed by atoms with Gasteiger partial charge in [0.1, 0.15) is 5.75 Å². The molecule has 0 atom stereocenters. The summed E-state index contributed by atoms with van der Waals surface area (Å²) >= 11 is 0. The molecule has 5 nitrogen and oxygen atoms in total. The molecule has 0 spiro atoms. The minimum atomic E-state index is -0.228. The summed E-state index contributed by atoms with van der Waals surface area (Å²) in [7, 11) is 1.61. The van der Waals surface area contributed by atoms with Gasteiger partial charge in [-0.1, -0.05) is 25.0 Å². The summed E-state index contributed by atoms with van der Waals surface area (Å²) in [5.74, 6) is 0.488. The summed E-state index contributed by atoms with van der Waals surface area (Å²) in [6.45, 7) is 0. The number of amides is 2. The van der Waals surface area contributed by atoms with Gasteiger partial charge in [0.15, 0.2) is 0 Å². The first-order valence-electron chi connectivity index (χ1n) is 9.18. The molecule has 1 saturated carbocycles. The number of benzene rings is 2. The third kappa shape index (κ3) is 5.45. The molecule has 0 aliphatic heterocycles. The highest BCUT2D eigenvalue weighted by atomic mass is 16.5. The molecule has 0 saturated heterocycles. The van der Waals surface area contributed by atoms with Crippen molar-refractivity contribution in [3.05, 3.63) is 65.7 Å². The molecule has 140 valence electrons. The lowest BCUT2D eigenvalue weighted by Gasteiger charge is -2.12. The van der Waals surface area contributed by atoms with Gasteiger partial charge in [0.2, 0.25) is 5.91 Å². The van der Waals surface area contributed by atoms with Crippen molar-refractivity contribution in [2.75, 3.05) is 12.4 Å². The molecule has 0 radical (unpaired) electrons. The van der Waals surface area contributed by atoms with E-state index in [1.807, 2.05) is 24.3 Å². The van der Waals surface area contributed by atoms with Crippen LogP contribution in [0.15, 0.2) is 54.6 Å². The Bertz CT molecular complexity index is 804. The Morgan fingerprint density at radius 1 is 1.00 bits per heavy atom. The highest BCUT2D eigenvalue weighted by Crippen LogP contribution is 2.18. The number of anilines is 1. The zero-order valence-electron chi connectivity index (χ0n) is 15.4. The third-order valence-electron chi connectivity index (χ3n) is 4.65. The predicted octanol–water partition coefficient (Wildman–Crippen LogP) is 4.02. The average Bonchev–Trinajstić information content (AvgIpc) is 3.20. The van der Waals surface area contributed by atoms with Crippen LogP contribution in [-0.2, 0) is 4.79 Å². The topological polar surface area (TPSA) is 67.4 Å². The van der Waals surface area contributed by atoms with Crippen LogP contribution in [0.4, 0.5) is 5.69 Å². The van der Waals surface area contributed by atoms with Crippen molar-refractivity contribution in [1.82, 2.24) is 5.32 Å². The van der Waals surface area contributed by atoms with Gasteiger partial charge in [0.05, 0.1) is 7.11 Å². The maximum atomic E-state index is 12.2. The smallest absolute Gasteiger partial charge is 0.251 e. The molecule has 3 rings (SSSR count). The molecule has 0 bridgehead atoms. The second-order valence-corrected chi connectivity index (χ2v) is 6.63. The lowest BCUT2D eigenvalue weighted by atomic mass is 10.1. The van der Waals surface area contributed by atoms with Crippen LogP contribution in [-0.4, -0.2) is 25.0 Å². The van der Waals surface area contributed by atoms with Gasteiger partial charge in [-0.3, -0.25) is 9.59 Å². The summed E-state index contributed by atoms with van der Waals surface area (Å²) in [6.07, 6.45) is 7.68. The molecule has 1 aliphatic carbocycles. The highest BCUT2D eigenvalue weighted by molar-refractivity contribution is 6.02. The summed E-state index contributed by atoms with van der Waals surface area (Å²) in [5, 5.41) is 5.85. The largest absolute Gasteiger partial charge is 0.497 e. The van der Waals surface area contributed by atoms with Crippen molar-refractivity contribution in [1.29, 1.82) is 0 Å². The Morgan fingerprint density at radius 2 is 1.67 bits per heavy atom. The first-order chi connectivity index (χ1) is 13.1. The predicted molar refractivity (Wildman–Crippen MR) is 107 cm³/mol. The number of hydrogen-bond donors (Lipinski definition) is 2. The first-order valence-corrected chi connectivity index (χ1v) is 9.18. The summed E-state index contributed by atoms with van der Waals surface area (Å²) < 4.78 is 5.11. The van der Waals surface area contributed by atoms with Gasteiger partial charge in [0.25, 0.3) is 5.91 Å². The Balaban J connectivity index is 1.52. The van der Waals surface area contributed by atoms with E-state index in [2.05, 4.69) is 10.6 Å². The van der Waals surface area contributed by atoms with Gasteiger partial charge in [-0.2, -0.15) is 0 Å². The first kappa shape index (κ1) is 18.7. The van der Waals surface area contributed by atoms with E-state index in [4.69, 9.17) is 4.74 Å². The molecule has 2 N–H and O–H groups in total. The van der Waals surface area contributed by atoms with Crippen molar-refractivity contribution in [3.63, 3.8) is 0 Å². The molecule has 1 fully saturated rings. The maximum Gasteiger partial charge on any atom is 0.251 e. The summed E-state index contributed by atoms with van der Waals surface area (Å²) in [6, 6.07) is 14.7. The van der Waals surface area contributed by atoms with Crippen molar-refractivity contribution in [2.24, 2.45) is 0 Å². The van der Waals surface area contributed by atoms with Gasteiger partial charge < -0.3 is 15.4 Å². The quantitative estimate of drug-likeness (QED) is 0.761. The Labute approximate surface area is 159 Å². The number of methoxy groups -OCH3 is 1. The molecular formula is C22H24N2O3. The van der Waals surface area contributed by atoms with Crippen molar-refractivity contribution in [3.8, 4) is 5.75 Å². The number of carbonyl (C=O) groups excluding carboxylic acids is 2. The van der Waals surface area contributed by atoms with Crippen LogP contribution in [0.1, 0.15) is 41.6 Å². The van der Waals surface area contributed by atoms with Gasteiger partial charge in [-0.05, 0) is 60.9 Å². The minimum absolute atomic E-state index is 0.0563. The van der Waals surface area contributed by atoms with Gasteiger partial charge in [-0.25, -0.2) is 0 Å². The van der Waals surface area contributed by atoms with E-state index < -0.39 is 0 Å².